The molecule has 0 aliphatic carbocycles. The van der Waals surface area contributed by atoms with Crippen molar-refractivity contribution < 1.29 is 23.8 Å². The molecule has 0 aliphatic rings. The molecule has 2 amide bonds. The van der Waals surface area contributed by atoms with Crippen LogP contribution in [0.25, 0.3) is 0 Å². The number of amides is 2. The summed E-state index contributed by atoms with van der Waals surface area (Å²) in [7, 11) is 3.22. The zero-order valence-electron chi connectivity index (χ0n) is 20.2. The Kier molecular flexibility index (Phi) is 11.8. The minimum Gasteiger partial charge on any atom is -0.493 e. The van der Waals surface area contributed by atoms with Crippen LogP contribution in [-0.2, 0) is 27.3 Å². The van der Waals surface area contributed by atoms with Crippen molar-refractivity contribution in [3.8, 4) is 11.5 Å². The number of ether oxygens (including phenoxy) is 3. The summed E-state index contributed by atoms with van der Waals surface area (Å²) >= 11 is 1.62. The second-order valence-electron chi connectivity index (χ2n) is 7.55. The zero-order valence-corrected chi connectivity index (χ0v) is 21.0. The minimum atomic E-state index is -0.0536. The number of carbonyl (C=O) groups is 2. The third kappa shape index (κ3) is 8.70. The van der Waals surface area contributed by atoms with Gasteiger partial charge in [0, 0.05) is 37.6 Å². The largest absolute Gasteiger partial charge is 0.493 e. The summed E-state index contributed by atoms with van der Waals surface area (Å²) in [6.07, 6.45) is 1.76. The first-order valence-corrected chi connectivity index (χ1v) is 12.3. The van der Waals surface area contributed by atoms with Crippen molar-refractivity contribution in [1.29, 1.82) is 0 Å². The lowest BCUT2D eigenvalue weighted by molar-refractivity contribution is -0.140. The molecule has 0 unspecified atom stereocenters. The van der Waals surface area contributed by atoms with Crippen LogP contribution >= 0.6 is 11.3 Å². The van der Waals surface area contributed by atoms with Crippen LogP contribution in [0.4, 0.5) is 0 Å². The number of carbonyl (C=O) groups excluding carboxylic acids is 2. The van der Waals surface area contributed by atoms with Crippen molar-refractivity contribution in [2.75, 3.05) is 47.1 Å². The fourth-order valence-electron chi connectivity index (χ4n) is 3.46. The summed E-state index contributed by atoms with van der Waals surface area (Å²) in [5.41, 5.74) is 1.05. The van der Waals surface area contributed by atoms with E-state index in [1.165, 1.54) is 0 Å². The van der Waals surface area contributed by atoms with E-state index >= 15 is 0 Å². The van der Waals surface area contributed by atoms with Gasteiger partial charge >= 0.3 is 0 Å². The van der Waals surface area contributed by atoms with Gasteiger partial charge in [0.05, 0.1) is 27.3 Å². The van der Waals surface area contributed by atoms with E-state index in [1.54, 1.807) is 30.5 Å². The molecule has 1 heterocycles. The van der Waals surface area contributed by atoms with Crippen LogP contribution in [0.5, 0.6) is 11.5 Å². The summed E-state index contributed by atoms with van der Waals surface area (Å²) in [5, 5.41) is 2.01. The van der Waals surface area contributed by atoms with Crippen LogP contribution in [0.3, 0.4) is 0 Å². The topological polar surface area (TPSA) is 68.3 Å². The fourth-order valence-corrected chi connectivity index (χ4v) is 4.18. The smallest absolute Gasteiger partial charge is 0.242 e. The van der Waals surface area contributed by atoms with Gasteiger partial charge < -0.3 is 24.0 Å². The number of hydrogen-bond donors (Lipinski definition) is 0. The normalized spacial score (nSPS) is 10.7. The number of rotatable bonds is 15. The maximum atomic E-state index is 13.3. The Balaban J connectivity index is 2.09. The van der Waals surface area contributed by atoms with E-state index in [1.807, 2.05) is 54.5 Å². The fraction of sp³-hybridized carbons (Fsp3) is 0.520. The Labute approximate surface area is 201 Å². The molecule has 0 aliphatic heterocycles. The molecule has 1 aromatic heterocycles. The molecule has 33 heavy (non-hydrogen) atoms. The van der Waals surface area contributed by atoms with Crippen LogP contribution in [0, 0.1) is 0 Å². The van der Waals surface area contributed by atoms with Gasteiger partial charge in [-0.15, -0.1) is 11.3 Å². The highest BCUT2D eigenvalue weighted by Gasteiger charge is 2.21. The van der Waals surface area contributed by atoms with Crippen LogP contribution in [-0.4, -0.2) is 68.7 Å². The van der Waals surface area contributed by atoms with Crippen molar-refractivity contribution in [3.63, 3.8) is 0 Å². The molecular weight excluding hydrogens is 440 g/mol. The van der Waals surface area contributed by atoms with Gasteiger partial charge in [0.15, 0.2) is 11.5 Å². The van der Waals surface area contributed by atoms with Gasteiger partial charge in [0.1, 0.15) is 0 Å². The quantitative estimate of drug-likeness (QED) is 0.364. The lowest BCUT2D eigenvalue weighted by Gasteiger charge is -2.27. The third-order valence-electron chi connectivity index (χ3n) is 5.30. The molecule has 182 valence electrons. The molecule has 7 nitrogen and oxygen atoms in total. The highest BCUT2D eigenvalue weighted by Crippen LogP contribution is 2.28. The van der Waals surface area contributed by atoms with E-state index < -0.39 is 0 Å². The third-order valence-corrected chi connectivity index (χ3v) is 6.16. The molecule has 0 fully saturated rings. The predicted molar refractivity (Wildman–Crippen MR) is 131 cm³/mol. The van der Waals surface area contributed by atoms with Gasteiger partial charge in [-0.25, -0.2) is 0 Å². The first-order chi connectivity index (χ1) is 16.0. The lowest BCUT2D eigenvalue weighted by Crippen LogP contribution is -2.43. The van der Waals surface area contributed by atoms with Gasteiger partial charge in [0.25, 0.3) is 0 Å². The summed E-state index contributed by atoms with van der Waals surface area (Å²) < 4.78 is 16.1. The maximum absolute atomic E-state index is 13.3. The Morgan fingerprint density at radius 2 is 1.76 bits per heavy atom. The Morgan fingerprint density at radius 1 is 0.970 bits per heavy atom. The molecule has 2 rings (SSSR count). The molecular formula is C25H36N2O5S. The van der Waals surface area contributed by atoms with Crippen molar-refractivity contribution in [2.45, 2.75) is 39.7 Å². The second kappa shape index (κ2) is 14.5. The SMILES string of the molecule is CCOCCCN(CC(=O)N(CCc1ccc(OC)c(OC)c1)Cc1cccs1)C(=O)CC. The summed E-state index contributed by atoms with van der Waals surface area (Å²) in [6, 6.07) is 9.80. The van der Waals surface area contributed by atoms with Crippen LogP contribution in [0.15, 0.2) is 35.7 Å². The molecule has 0 bridgehead atoms. The summed E-state index contributed by atoms with van der Waals surface area (Å²) in [5.74, 6) is 1.27. The Morgan fingerprint density at radius 3 is 2.39 bits per heavy atom. The average molecular weight is 477 g/mol. The van der Waals surface area contributed by atoms with Crippen LogP contribution in [0.2, 0.25) is 0 Å². The molecule has 0 N–H and O–H groups in total. The minimum absolute atomic E-state index is 0.0178. The van der Waals surface area contributed by atoms with Crippen molar-refractivity contribution in [2.24, 2.45) is 0 Å². The lowest BCUT2D eigenvalue weighted by atomic mass is 10.1. The zero-order chi connectivity index (χ0) is 24.1. The summed E-state index contributed by atoms with van der Waals surface area (Å²) in [4.78, 5) is 30.3. The van der Waals surface area contributed by atoms with E-state index in [2.05, 4.69) is 0 Å². The van der Waals surface area contributed by atoms with Crippen molar-refractivity contribution in [1.82, 2.24) is 9.80 Å². The molecule has 2 aromatic rings. The standard InChI is InChI=1S/C25H36N2O5S/c1-5-24(28)26(13-8-15-32-6-2)19-25(29)27(18-21-9-7-16-33-21)14-12-20-10-11-22(30-3)23(17-20)31-4/h7,9-11,16-17H,5-6,8,12-15,18-19H2,1-4H3. The van der Waals surface area contributed by atoms with E-state index in [-0.39, 0.29) is 18.4 Å². The number of thiophene rings is 1. The number of methoxy groups -OCH3 is 2. The number of hydrogen-bond acceptors (Lipinski definition) is 6. The van der Waals surface area contributed by atoms with Gasteiger partial charge in [-0.05, 0) is 48.9 Å². The van der Waals surface area contributed by atoms with Gasteiger partial charge in [-0.1, -0.05) is 19.1 Å². The molecule has 1 aromatic carbocycles. The molecule has 8 heteroatoms. The molecule has 0 radical (unpaired) electrons. The van der Waals surface area contributed by atoms with Crippen LogP contribution in [0.1, 0.15) is 37.1 Å². The number of benzene rings is 1. The van der Waals surface area contributed by atoms with E-state index in [4.69, 9.17) is 14.2 Å². The van der Waals surface area contributed by atoms with Crippen LogP contribution < -0.4 is 9.47 Å². The first-order valence-electron chi connectivity index (χ1n) is 11.4. The average Bonchev–Trinajstić information content (AvgIpc) is 3.35. The highest BCUT2D eigenvalue weighted by molar-refractivity contribution is 7.09. The molecule has 0 spiro atoms. The summed E-state index contributed by atoms with van der Waals surface area (Å²) in [6.45, 7) is 6.65. The second-order valence-corrected chi connectivity index (χ2v) is 8.59. The highest BCUT2D eigenvalue weighted by atomic mass is 32.1. The van der Waals surface area contributed by atoms with E-state index in [0.29, 0.717) is 63.6 Å². The Hall–Kier alpha value is -2.58. The van der Waals surface area contributed by atoms with E-state index in [9.17, 15) is 9.59 Å². The maximum Gasteiger partial charge on any atom is 0.242 e. The molecule has 0 saturated carbocycles. The van der Waals surface area contributed by atoms with E-state index in [0.717, 1.165) is 10.4 Å². The molecule has 0 saturated heterocycles. The van der Waals surface area contributed by atoms with Crippen molar-refractivity contribution in [3.05, 3.63) is 46.2 Å². The van der Waals surface area contributed by atoms with Crippen molar-refractivity contribution >= 4 is 23.2 Å². The molecule has 0 atom stereocenters. The van der Waals surface area contributed by atoms with Gasteiger partial charge in [-0.3, -0.25) is 9.59 Å². The first kappa shape index (κ1) is 26.7. The van der Waals surface area contributed by atoms with Gasteiger partial charge in [0.2, 0.25) is 11.8 Å². The number of nitrogens with zero attached hydrogens (tertiary/aromatic N) is 2. The Bertz CT molecular complexity index is 856. The monoisotopic (exact) mass is 476 g/mol. The van der Waals surface area contributed by atoms with Gasteiger partial charge in [-0.2, -0.15) is 0 Å². The predicted octanol–water partition coefficient (Wildman–Crippen LogP) is 4.00.